The predicted octanol–water partition coefficient (Wildman–Crippen LogP) is 3.54. The number of furan rings is 1. The molecule has 4 rings (SSSR count). The van der Waals surface area contributed by atoms with E-state index in [1.54, 1.807) is 30.3 Å². The van der Waals surface area contributed by atoms with E-state index in [0.717, 1.165) is 5.56 Å². The van der Waals surface area contributed by atoms with Crippen molar-refractivity contribution in [3.63, 3.8) is 0 Å². The van der Waals surface area contributed by atoms with Crippen molar-refractivity contribution >= 4 is 35.0 Å². The summed E-state index contributed by atoms with van der Waals surface area (Å²) in [5.74, 6) is 0.470. The van der Waals surface area contributed by atoms with E-state index in [1.165, 1.54) is 31.1 Å². The van der Waals surface area contributed by atoms with Crippen molar-refractivity contribution in [2.75, 3.05) is 17.7 Å². The number of hydrogen-bond donors (Lipinski definition) is 2. The molecule has 10 heteroatoms. The van der Waals surface area contributed by atoms with Gasteiger partial charge in [-0.3, -0.25) is 9.59 Å². The Balaban J connectivity index is 1.74. The molecular weight excluding hydrogens is 424 g/mol. The van der Waals surface area contributed by atoms with E-state index >= 15 is 0 Å². The minimum absolute atomic E-state index is 0.112. The maximum absolute atomic E-state index is 13.4. The molecule has 0 spiro atoms. The second-order valence-electron chi connectivity index (χ2n) is 6.88. The van der Waals surface area contributed by atoms with Crippen LogP contribution in [0.4, 0.5) is 11.4 Å². The van der Waals surface area contributed by atoms with Crippen LogP contribution in [0.1, 0.15) is 12.7 Å². The third-order valence-electron chi connectivity index (χ3n) is 4.55. The van der Waals surface area contributed by atoms with E-state index < -0.39 is 5.91 Å². The number of carbonyl (C=O) groups excluding carboxylic acids is 2. The number of hydrogen-bond acceptors (Lipinski definition) is 7. The van der Waals surface area contributed by atoms with E-state index in [4.69, 9.17) is 9.15 Å². The van der Waals surface area contributed by atoms with Crippen LogP contribution in [-0.2, 0) is 9.59 Å². The molecule has 2 aromatic carbocycles. The van der Waals surface area contributed by atoms with Crippen molar-refractivity contribution in [1.82, 2.24) is 20.2 Å². The number of ether oxygens (including phenoxy) is 1. The molecule has 2 aromatic heterocycles. The topological polar surface area (TPSA) is 124 Å². The highest BCUT2D eigenvalue weighted by molar-refractivity contribution is 6.24. The number of carbonyl (C=O) groups is 2. The first-order chi connectivity index (χ1) is 16.0. The number of methoxy groups -OCH3 is 1. The summed E-state index contributed by atoms with van der Waals surface area (Å²) in [5, 5.41) is 17.4. The van der Waals surface area contributed by atoms with Crippen molar-refractivity contribution in [3.05, 3.63) is 72.7 Å². The molecule has 10 nitrogen and oxygen atoms in total. The molecule has 2 amide bonds. The first kappa shape index (κ1) is 21.5. The molecule has 0 bridgehead atoms. The predicted molar refractivity (Wildman–Crippen MR) is 122 cm³/mol. The maximum atomic E-state index is 13.4. The van der Waals surface area contributed by atoms with Gasteiger partial charge in [0.15, 0.2) is 5.82 Å². The first-order valence-corrected chi connectivity index (χ1v) is 9.91. The smallest absolute Gasteiger partial charge is 0.274 e. The molecular formula is C23H20N6O4. The average Bonchev–Trinajstić information content (AvgIpc) is 3.50. The van der Waals surface area contributed by atoms with Gasteiger partial charge in [0, 0.05) is 24.3 Å². The summed E-state index contributed by atoms with van der Waals surface area (Å²) in [6.07, 6.45) is 3.03. The SMILES string of the molecule is COc1ccc(NC(C)=O)cc1NC(=O)C(=Cc1ccco1)n1nnnc1-c1ccccc1. The monoisotopic (exact) mass is 444 g/mol. The number of nitrogens with one attached hydrogen (secondary N) is 2. The molecule has 4 aromatic rings. The number of rotatable bonds is 7. The zero-order valence-corrected chi connectivity index (χ0v) is 17.9. The van der Waals surface area contributed by atoms with Crippen LogP contribution >= 0.6 is 0 Å². The van der Waals surface area contributed by atoms with Crippen molar-refractivity contribution in [2.45, 2.75) is 6.92 Å². The Morgan fingerprint density at radius 3 is 2.58 bits per heavy atom. The lowest BCUT2D eigenvalue weighted by atomic mass is 10.2. The molecule has 0 radical (unpaired) electrons. The zero-order chi connectivity index (χ0) is 23.2. The van der Waals surface area contributed by atoms with Gasteiger partial charge >= 0.3 is 0 Å². The minimum atomic E-state index is -0.519. The molecule has 2 heterocycles. The van der Waals surface area contributed by atoms with Gasteiger partial charge in [-0.05, 0) is 40.8 Å². The van der Waals surface area contributed by atoms with Gasteiger partial charge in [-0.15, -0.1) is 5.10 Å². The van der Waals surface area contributed by atoms with Crippen LogP contribution in [0.15, 0.2) is 71.3 Å². The number of tetrazole rings is 1. The highest BCUT2D eigenvalue weighted by atomic mass is 16.5. The van der Waals surface area contributed by atoms with Gasteiger partial charge in [0.1, 0.15) is 17.2 Å². The van der Waals surface area contributed by atoms with Gasteiger partial charge in [-0.1, -0.05) is 30.3 Å². The number of anilines is 2. The number of amides is 2. The van der Waals surface area contributed by atoms with Gasteiger partial charge < -0.3 is 19.8 Å². The van der Waals surface area contributed by atoms with E-state index in [0.29, 0.717) is 28.7 Å². The van der Waals surface area contributed by atoms with Crippen LogP contribution in [0.2, 0.25) is 0 Å². The summed E-state index contributed by atoms with van der Waals surface area (Å²) >= 11 is 0. The lowest BCUT2D eigenvalue weighted by molar-refractivity contribution is -0.114. The third kappa shape index (κ3) is 4.96. The highest BCUT2D eigenvalue weighted by Crippen LogP contribution is 2.29. The van der Waals surface area contributed by atoms with E-state index in [2.05, 4.69) is 26.2 Å². The van der Waals surface area contributed by atoms with Crippen LogP contribution in [0, 0.1) is 0 Å². The summed E-state index contributed by atoms with van der Waals surface area (Å²) in [4.78, 5) is 24.9. The largest absolute Gasteiger partial charge is 0.495 e. The quantitative estimate of drug-likeness (QED) is 0.418. The van der Waals surface area contributed by atoms with E-state index in [9.17, 15) is 9.59 Å². The fourth-order valence-corrected chi connectivity index (χ4v) is 3.12. The molecule has 0 saturated carbocycles. The number of nitrogens with zero attached hydrogens (tertiary/aromatic N) is 4. The van der Waals surface area contributed by atoms with Crippen molar-refractivity contribution < 1.29 is 18.7 Å². The lowest BCUT2D eigenvalue weighted by Gasteiger charge is -2.14. The average molecular weight is 444 g/mol. The lowest BCUT2D eigenvalue weighted by Crippen LogP contribution is -2.20. The Bertz CT molecular complexity index is 1300. The molecule has 0 unspecified atom stereocenters. The van der Waals surface area contributed by atoms with Crippen LogP contribution in [0.3, 0.4) is 0 Å². The second-order valence-corrected chi connectivity index (χ2v) is 6.88. The van der Waals surface area contributed by atoms with Gasteiger partial charge in [-0.25, -0.2) is 0 Å². The molecule has 0 aliphatic rings. The fraction of sp³-hybridized carbons (Fsp3) is 0.0870. The molecule has 166 valence electrons. The summed E-state index contributed by atoms with van der Waals surface area (Å²) < 4.78 is 12.1. The zero-order valence-electron chi connectivity index (χ0n) is 17.9. The first-order valence-electron chi connectivity index (χ1n) is 9.91. The molecule has 33 heavy (non-hydrogen) atoms. The minimum Gasteiger partial charge on any atom is -0.495 e. The van der Waals surface area contributed by atoms with Gasteiger partial charge in [0.25, 0.3) is 5.91 Å². The van der Waals surface area contributed by atoms with Crippen LogP contribution in [-0.4, -0.2) is 39.1 Å². The second kappa shape index (κ2) is 9.60. The van der Waals surface area contributed by atoms with Crippen LogP contribution < -0.4 is 15.4 Å². The van der Waals surface area contributed by atoms with Crippen LogP contribution in [0.5, 0.6) is 5.75 Å². The number of aromatic nitrogens is 4. The van der Waals surface area contributed by atoms with E-state index in [-0.39, 0.29) is 11.6 Å². The Hall–Kier alpha value is -4.73. The molecule has 0 atom stereocenters. The summed E-state index contributed by atoms with van der Waals surface area (Å²) in [7, 11) is 1.48. The summed E-state index contributed by atoms with van der Waals surface area (Å²) in [5.41, 5.74) is 1.70. The summed E-state index contributed by atoms with van der Waals surface area (Å²) in [6.45, 7) is 1.40. The summed E-state index contributed by atoms with van der Waals surface area (Å²) in [6, 6.07) is 17.6. The molecule has 0 saturated heterocycles. The molecule has 0 aliphatic heterocycles. The maximum Gasteiger partial charge on any atom is 0.274 e. The Kier molecular flexibility index (Phi) is 6.26. The van der Waals surface area contributed by atoms with Crippen LogP contribution in [0.25, 0.3) is 23.2 Å². The van der Waals surface area contributed by atoms with Crippen molar-refractivity contribution in [1.29, 1.82) is 0 Å². The Labute approximate surface area is 188 Å². The standard InChI is InChI=1S/C23H20N6O4/c1-15(30)24-17-10-11-21(32-2)19(13-17)25-23(31)20(14-18-9-6-12-33-18)29-22(26-27-28-29)16-7-4-3-5-8-16/h3-14H,1-2H3,(H,24,30)(H,25,31). The highest BCUT2D eigenvalue weighted by Gasteiger charge is 2.21. The third-order valence-corrected chi connectivity index (χ3v) is 4.55. The normalized spacial score (nSPS) is 11.2. The number of benzene rings is 2. The van der Waals surface area contributed by atoms with Gasteiger partial charge in [-0.2, -0.15) is 4.68 Å². The van der Waals surface area contributed by atoms with Gasteiger partial charge in [0.2, 0.25) is 5.91 Å². The van der Waals surface area contributed by atoms with E-state index in [1.807, 2.05) is 30.3 Å². The van der Waals surface area contributed by atoms with Gasteiger partial charge in [0.05, 0.1) is 19.1 Å². The Morgan fingerprint density at radius 1 is 1.06 bits per heavy atom. The molecule has 0 aliphatic carbocycles. The molecule has 0 fully saturated rings. The Morgan fingerprint density at radius 2 is 1.88 bits per heavy atom. The van der Waals surface area contributed by atoms with Crippen molar-refractivity contribution in [3.8, 4) is 17.1 Å². The molecule has 2 N–H and O–H groups in total. The van der Waals surface area contributed by atoms with Crippen molar-refractivity contribution in [2.24, 2.45) is 0 Å². The fourth-order valence-electron chi connectivity index (χ4n) is 3.12.